The molecule has 0 spiro atoms. The van der Waals surface area contributed by atoms with Crippen molar-refractivity contribution in [2.75, 3.05) is 18.0 Å². The summed E-state index contributed by atoms with van der Waals surface area (Å²) in [5, 5.41) is 17.3. The standard InChI is InChI=1S/C22H23N3S2/c1-4-25(5-2)19-9-8-16-12-18(7-6-17(16)13-19)21-11-10-20(26-21)15(3)22(14-23)27-24/h6-13H,4-5,24H2,1-3H3/b22-15+. The molecule has 1 heterocycles. The maximum Gasteiger partial charge on any atom is 0.108 e. The lowest BCUT2D eigenvalue weighted by Crippen LogP contribution is -2.21. The molecule has 5 heteroatoms. The molecular formula is C22H23N3S2. The number of nitrogens with two attached hydrogens (primary N) is 1. The zero-order valence-electron chi connectivity index (χ0n) is 15.8. The van der Waals surface area contributed by atoms with Gasteiger partial charge in [0.2, 0.25) is 0 Å². The lowest BCUT2D eigenvalue weighted by molar-refractivity contribution is 0.867. The first-order valence-electron chi connectivity index (χ1n) is 8.98. The summed E-state index contributed by atoms with van der Waals surface area (Å²) in [6, 6.07) is 19.6. The van der Waals surface area contributed by atoms with Gasteiger partial charge in [0.05, 0.1) is 0 Å². The third-order valence-electron chi connectivity index (χ3n) is 4.77. The van der Waals surface area contributed by atoms with E-state index in [-0.39, 0.29) is 0 Å². The minimum Gasteiger partial charge on any atom is -0.372 e. The first-order valence-corrected chi connectivity index (χ1v) is 10.7. The predicted octanol–water partition coefficient (Wildman–Crippen LogP) is 6.28. The molecular weight excluding hydrogens is 370 g/mol. The molecule has 3 rings (SSSR count). The molecule has 0 saturated heterocycles. The Morgan fingerprint density at radius 3 is 2.44 bits per heavy atom. The maximum absolute atomic E-state index is 9.19. The number of fused-ring (bicyclic) bond motifs is 1. The molecule has 138 valence electrons. The average Bonchev–Trinajstić information content (AvgIpc) is 3.19. The van der Waals surface area contributed by atoms with Gasteiger partial charge in [0.15, 0.2) is 0 Å². The number of hydrogen-bond donors (Lipinski definition) is 1. The van der Waals surface area contributed by atoms with Gasteiger partial charge in [-0.3, -0.25) is 5.14 Å². The van der Waals surface area contributed by atoms with Gasteiger partial charge in [-0.2, -0.15) is 5.26 Å². The van der Waals surface area contributed by atoms with Gasteiger partial charge in [-0.1, -0.05) is 18.2 Å². The third kappa shape index (κ3) is 4.03. The molecule has 0 saturated carbocycles. The highest BCUT2D eigenvalue weighted by atomic mass is 32.2. The Morgan fingerprint density at radius 1 is 1.07 bits per heavy atom. The SMILES string of the molecule is CCN(CC)c1ccc2cc(-c3ccc(/C(C)=C(\C#N)SN)s3)ccc2c1. The van der Waals surface area contributed by atoms with Crippen LogP contribution in [0.5, 0.6) is 0 Å². The fourth-order valence-electron chi connectivity index (χ4n) is 3.18. The van der Waals surface area contributed by atoms with Crippen molar-refractivity contribution in [3.05, 3.63) is 58.3 Å². The van der Waals surface area contributed by atoms with Crippen molar-refractivity contribution < 1.29 is 0 Å². The van der Waals surface area contributed by atoms with Gasteiger partial charge in [-0.25, -0.2) is 0 Å². The van der Waals surface area contributed by atoms with E-state index >= 15 is 0 Å². The van der Waals surface area contributed by atoms with Gasteiger partial charge >= 0.3 is 0 Å². The molecule has 0 atom stereocenters. The molecule has 0 aliphatic carbocycles. The third-order valence-corrected chi connectivity index (χ3v) is 6.66. The average molecular weight is 394 g/mol. The summed E-state index contributed by atoms with van der Waals surface area (Å²) in [6.45, 7) is 8.33. The second-order valence-electron chi connectivity index (χ2n) is 6.27. The van der Waals surface area contributed by atoms with E-state index in [1.165, 1.54) is 26.9 Å². The zero-order valence-corrected chi connectivity index (χ0v) is 17.5. The highest BCUT2D eigenvalue weighted by Crippen LogP contribution is 2.35. The second kappa shape index (κ2) is 8.62. The summed E-state index contributed by atoms with van der Waals surface area (Å²) in [7, 11) is 0. The van der Waals surface area contributed by atoms with Gasteiger partial charge in [0, 0.05) is 28.5 Å². The van der Waals surface area contributed by atoms with E-state index < -0.39 is 0 Å². The van der Waals surface area contributed by atoms with Crippen LogP contribution in [0.25, 0.3) is 26.8 Å². The summed E-state index contributed by atoms with van der Waals surface area (Å²) in [6.07, 6.45) is 0. The quantitative estimate of drug-likeness (QED) is 0.396. The number of anilines is 1. The van der Waals surface area contributed by atoms with Crippen molar-refractivity contribution in [3.63, 3.8) is 0 Å². The van der Waals surface area contributed by atoms with Crippen LogP contribution in [0, 0.1) is 11.3 Å². The van der Waals surface area contributed by atoms with Crippen LogP contribution in [0.1, 0.15) is 25.6 Å². The van der Waals surface area contributed by atoms with E-state index in [4.69, 9.17) is 5.14 Å². The predicted molar refractivity (Wildman–Crippen MR) is 121 cm³/mol. The number of nitriles is 1. The van der Waals surface area contributed by atoms with Crippen molar-refractivity contribution in [2.45, 2.75) is 20.8 Å². The summed E-state index contributed by atoms with van der Waals surface area (Å²) < 4.78 is 0. The fraction of sp³-hybridized carbons (Fsp3) is 0.227. The van der Waals surface area contributed by atoms with Crippen LogP contribution in [0.2, 0.25) is 0 Å². The van der Waals surface area contributed by atoms with Gasteiger partial charge in [-0.15, -0.1) is 11.3 Å². The zero-order chi connectivity index (χ0) is 19.4. The van der Waals surface area contributed by atoms with E-state index in [0.29, 0.717) is 4.91 Å². The van der Waals surface area contributed by atoms with Crippen LogP contribution < -0.4 is 10.0 Å². The van der Waals surface area contributed by atoms with Gasteiger partial charge in [-0.05, 0) is 85.0 Å². The maximum atomic E-state index is 9.19. The molecule has 3 nitrogen and oxygen atoms in total. The van der Waals surface area contributed by atoms with Crippen LogP contribution in [0.4, 0.5) is 5.69 Å². The van der Waals surface area contributed by atoms with E-state index in [9.17, 15) is 5.26 Å². The van der Waals surface area contributed by atoms with Gasteiger partial charge < -0.3 is 4.90 Å². The fourth-order valence-corrected chi connectivity index (χ4v) is 4.59. The minimum absolute atomic E-state index is 0.561. The van der Waals surface area contributed by atoms with Crippen molar-refractivity contribution >= 4 is 45.3 Å². The van der Waals surface area contributed by atoms with Gasteiger partial charge in [0.25, 0.3) is 0 Å². The monoisotopic (exact) mass is 393 g/mol. The summed E-state index contributed by atoms with van der Waals surface area (Å²) in [5.41, 5.74) is 3.40. The molecule has 0 amide bonds. The van der Waals surface area contributed by atoms with Crippen LogP contribution in [-0.2, 0) is 0 Å². The molecule has 0 unspecified atom stereocenters. The topological polar surface area (TPSA) is 53.0 Å². The Morgan fingerprint density at radius 2 is 1.78 bits per heavy atom. The summed E-state index contributed by atoms with van der Waals surface area (Å²) >= 11 is 2.70. The molecule has 3 aromatic rings. The van der Waals surface area contributed by atoms with Crippen molar-refractivity contribution in [3.8, 4) is 16.5 Å². The molecule has 0 aliphatic heterocycles. The van der Waals surface area contributed by atoms with Crippen molar-refractivity contribution in [1.82, 2.24) is 0 Å². The second-order valence-corrected chi connectivity index (χ2v) is 7.99. The first-order chi connectivity index (χ1) is 13.1. The Bertz CT molecular complexity index is 1020. The van der Waals surface area contributed by atoms with Crippen molar-refractivity contribution in [1.29, 1.82) is 5.26 Å². The summed E-state index contributed by atoms with van der Waals surface area (Å²) in [5.74, 6) is 0. The number of thiophene rings is 1. The number of benzene rings is 2. The van der Waals surface area contributed by atoms with Crippen LogP contribution in [0.3, 0.4) is 0 Å². The van der Waals surface area contributed by atoms with E-state index in [1.54, 1.807) is 11.3 Å². The number of hydrogen-bond acceptors (Lipinski definition) is 5. The Hall–Kier alpha value is -2.26. The Kier molecular flexibility index (Phi) is 6.22. The van der Waals surface area contributed by atoms with Gasteiger partial charge in [0.1, 0.15) is 11.0 Å². The highest BCUT2D eigenvalue weighted by Gasteiger charge is 2.10. The summed E-state index contributed by atoms with van der Waals surface area (Å²) in [4.78, 5) is 5.19. The molecule has 2 aromatic carbocycles. The Balaban J connectivity index is 1.96. The van der Waals surface area contributed by atoms with E-state index in [0.717, 1.165) is 35.5 Å². The highest BCUT2D eigenvalue weighted by molar-refractivity contribution is 8.01. The lowest BCUT2D eigenvalue weighted by Gasteiger charge is -2.21. The normalized spacial score (nSPS) is 12.0. The molecule has 27 heavy (non-hydrogen) atoms. The smallest absolute Gasteiger partial charge is 0.108 e. The number of nitrogens with zero attached hydrogens (tertiary/aromatic N) is 2. The molecule has 0 radical (unpaired) electrons. The minimum atomic E-state index is 0.561. The number of allylic oxidation sites excluding steroid dienone is 2. The lowest BCUT2D eigenvalue weighted by atomic mass is 10.0. The van der Waals surface area contributed by atoms with E-state index in [1.807, 2.05) is 6.92 Å². The molecule has 2 N–H and O–H groups in total. The van der Waals surface area contributed by atoms with E-state index in [2.05, 4.69) is 73.3 Å². The van der Waals surface area contributed by atoms with Crippen molar-refractivity contribution in [2.24, 2.45) is 5.14 Å². The van der Waals surface area contributed by atoms with Crippen LogP contribution in [0.15, 0.2) is 53.4 Å². The molecule has 0 bridgehead atoms. The number of rotatable bonds is 6. The Labute approximate surface area is 169 Å². The molecule has 1 aromatic heterocycles. The van der Waals surface area contributed by atoms with Crippen LogP contribution >= 0.6 is 23.3 Å². The molecule has 0 fully saturated rings. The molecule has 0 aliphatic rings. The largest absolute Gasteiger partial charge is 0.372 e. The first kappa shape index (κ1) is 19.5. The van der Waals surface area contributed by atoms with Crippen LogP contribution in [-0.4, -0.2) is 13.1 Å².